The summed E-state index contributed by atoms with van der Waals surface area (Å²) in [7, 11) is 0. The van der Waals surface area contributed by atoms with Gasteiger partial charge in [0.1, 0.15) is 0 Å². The number of nitrogens with zero attached hydrogens (tertiary/aromatic N) is 3. The van der Waals surface area contributed by atoms with E-state index in [4.69, 9.17) is 4.74 Å². The monoisotopic (exact) mass is 217 g/mol. The third-order valence-corrected chi connectivity index (χ3v) is 2.01. The molecule has 0 aromatic carbocycles. The first kappa shape index (κ1) is 10.4. The number of ether oxygens (including phenoxy) is 1. The van der Waals surface area contributed by atoms with Gasteiger partial charge >= 0.3 is 5.97 Å². The quantitative estimate of drug-likeness (QED) is 0.730. The molecule has 0 saturated carbocycles. The summed E-state index contributed by atoms with van der Waals surface area (Å²) in [5, 5.41) is 4.06. The van der Waals surface area contributed by atoms with Gasteiger partial charge in [-0.15, -0.1) is 0 Å². The molecule has 0 bridgehead atoms. The van der Waals surface area contributed by atoms with Gasteiger partial charge in [0, 0.05) is 18.6 Å². The number of pyridine rings is 1. The maximum atomic E-state index is 11.6. The second kappa shape index (κ2) is 4.57. The number of esters is 1. The standard InChI is InChI=1S/C11H11N3O2/c1-2-16-11(15)10-9(5-3-6-12-10)14-8-4-7-13-14/h3-8H,2H2,1H3. The summed E-state index contributed by atoms with van der Waals surface area (Å²) in [6.07, 6.45) is 4.95. The summed E-state index contributed by atoms with van der Waals surface area (Å²) >= 11 is 0. The molecule has 0 unspecified atom stereocenters. The van der Waals surface area contributed by atoms with Gasteiger partial charge in [-0.2, -0.15) is 5.10 Å². The summed E-state index contributed by atoms with van der Waals surface area (Å²) in [5.41, 5.74) is 0.888. The van der Waals surface area contributed by atoms with Crippen LogP contribution in [-0.4, -0.2) is 27.3 Å². The van der Waals surface area contributed by atoms with E-state index in [9.17, 15) is 4.79 Å². The van der Waals surface area contributed by atoms with E-state index in [0.717, 1.165) is 0 Å². The molecule has 0 fully saturated rings. The van der Waals surface area contributed by atoms with Crippen LogP contribution in [0.3, 0.4) is 0 Å². The summed E-state index contributed by atoms with van der Waals surface area (Å²) in [4.78, 5) is 15.7. The summed E-state index contributed by atoms with van der Waals surface area (Å²) in [6, 6.07) is 5.30. The first-order valence-corrected chi connectivity index (χ1v) is 4.95. The smallest absolute Gasteiger partial charge is 0.359 e. The lowest BCUT2D eigenvalue weighted by Crippen LogP contribution is -2.12. The minimum Gasteiger partial charge on any atom is -0.461 e. The second-order valence-electron chi connectivity index (χ2n) is 3.04. The van der Waals surface area contributed by atoms with Crippen molar-refractivity contribution in [2.24, 2.45) is 0 Å². The predicted molar refractivity (Wildman–Crippen MR) is 57.3 cm³/mol. The Hall–Kier alpha value is -2.17. The molecule has 2 aromatic heterocycles. The van der Waals surface area contributed by atoms with E-state index in [1.165, 1.54) is 0 Å². The molecule has 82 valence electrons. The van der Waals surface area contributed by atoms with E-state index in [2.05, 4.69) is 10.1 Å². The molecule has 0 aliphatic heterocycles. The molecule has 0 spiro atoms. The largest absolute Gasteiger partial charge is 0.461 e. The second-order valence-corrected chi connectivity index (χ2v) is 3.04. The van der Waals surface area contributed by atoms with Crippen molar-refractivity contribution in [3.05, 3.63) is 42.5 Å². The molecule has 0 radical (unpaired) electrons. The fourth-order valence-corrected chi connectivity index (χ4v) is 1.35. The Morgan fingerprint density at radius 3 is 3.00 bits per heavy atom. The minimum atomic E-state index is -0.436. The van der Waals surface area contributed by atoms with Gasteiger partial charge in [0.2, 0.25) is 0 Å². The summed E-state index contributed by atoms with van der Waals surface area (Å²) in [5.74, 6) is -0.436. The summed E-state index contributed by atoms with van der Waals surface area (Å²) < 4.78 is 6.51. The molecular weight excluding hydrogens is 206 g/mol. The van der Waals surface area contributed by atoms with E-state index in [-0.39, 0.29) is 5.69 Å². The average molecular weight is 217 g/mol. The Bertz CT molecular complexity index is 480. The Balaban J connectivity index is 2.42. The maximum Gasteiger partial charge on any atom is 0.359 e. The van der Waals surface area contributed by atoms with Crippen LogP contribution in [0.5, 0.6) is 0 Å². The molecule has 0 saturated heterocycles. The van der Waals surface area contributed by atoms with Gasteiger partial charge in [0.05, 0.1) is 12.3 Å². The first-order valence-electron chi connectivity index (χ1n) is 4.95. The molecular formula is C11H11N3O2. The van der Waals surface area contributed by atoms with Crippen molar-refractivity contribution < 1.29 is 9.53 Å². The topological polar surface area (TPSA) is 57.0 Å². The molecule has 16 heavy (non-hydrogen) atoms. The molecule has 5 nitrogen and oxygen atoms in total. The van der Waals surface area contributed by atoms with Gasteiger partial charge in [-0.05, 0) is 25.1 Å². The van der Waals surface area contributed by atoms with Crippen LogP contribution in [0.4, 0.5) is 0 Å². The molecule has 0 aliphatic rings. The van der Waals surface area contributed by atoms with Crippen LogP contribution in [0, 0.1) is 0 Å². The van der Waals surface area contributed by atoms with Gasteiger partial charge in [0.15, 0.2) is 5.69 Å². The van der Waals surface area contributed by atoms with Gasteiger partial charge < -0.3 is 4.74 Å². The van der Waals surface area contributed by atoms with Crippen molar-refractivity contribution in [1.29, 1.82) is 0 Å². The Morgan fingerprint density at radius 2 is 2.31 bits per heavy atom. The Labute approximate surface area is 92.7 Å². The van der Waals surface area contributed by atoms with Crippen LogP contribution in [-0.2, 0) is 4.74 Å². The van der Waals surface area contributed by atoms with Gasteiger partial charge in [0.25, 0.3) is 0 Å². The zero-order valence-corrected chi connectivity index (χ0v) is 8.83. The van der Waals surface area contributed by atoms with Crippen LogP contribution >= 0.6 is 0 Å². The zero-order chi connectivity index (χ0) is 11.4. The Morgan fingerprint density at radius 1 is 1.44 bits per heavy atom. The molecule has 0 N–H and O–H groups in total. The number of carbonyl (C=O) groups is 1. The molecule has 0 aliphatic carbocycles. The first-order chi connectivity index (χ1) is 7.83. The van der Waals surface area contributed by atoms with E-state index < -0.39 is 5.97 Å². The highest BCUT2D eigenvalue weighted by molar-refractivity contribution is 5.91. The molecule has 2 aromatic rings. The van der Waals surface area contributed by atoms with Gasteiger partial charge in [-0.1, -0.05) is 0 Å². The third-order valence-electron chi connectivity index (χ3n) is 2.01. The highest BCUT2D eigenvalue weighted by Gasteiger charge is 2.14. The zero-order valence-electron chi connectivity index (χ0n) is 8.83. The number of carbonyl (C=O) groups excluding carboxylic acids is 1. The molecule has 2 rings (SSSR count). The third kappa shape index (κ3) is 1.93. The van der Waals surface area contributed by atoms with Crippen LogP contribution in [0.25, 0.3) is 5.69 Å². The van der Waals surface area contributed by atoms with Crippen molar-refractivity contribution >= 4 is 5.97 Å². The van der Waals surface area contributed by atoms with Crippen LogP contribution < -0.4 is 0 Å². The lowest BCUT2D eigenvalue weighted by Gasteiger charge is -2.06. The molecule has 2 heterocycles. The SMILES string of the molecule is CCOC(=O)c1ncccc1-n1cccn1. The summed E-state index contributed by atoms with van der Waals surface area (Å²) in [6.45, 7) is 2.09. The van der Waals surface area contributed by atoms with Crippen LogP contribution in [0.1, 0.15) is 17.4 Å². The lowest BCUT2D eigenvalue weighted by atomic mass is 10.3. The Kier molecular flexibility index (Phi) is 2.95. The lowest BCUT2D eigenvalue weighted by molar-refractivity contribution is 0.0519. The maximum absolute atomic E-state index is 11.6. The predicted octanol–water partition coefficient (Wildman–Crippen LogP) is 1.44. The molecule has 5 heteroatoms. The van der Waals surface area contributed by atoms with Crippen LogP contribution in [0.2, 0.25) is 0 Å². The number of rotatable bonds is 3. The van der Waals surface area contributed by atoms with Crippen molar-refractivity contribution in [3.8, 4) is 5.69 Å². The fraction of sp³-hybridized carbons (Fsp3) is 0.182. The van der Waals surface area contributed by atoms with E-state index in [1.54, 1.807) is 48.4 Å². The van der Waals surface area contributed by atoms with Crippen molar-refractivity contribution in [3.63, 3.8) is 0 Å². The normalized spacial score (nSPS) is 10.1. The molecule has 0 atom stereocenters. The highest BCUT2D eigenvalue weighted by Crippen LogP contribution is 2.11. The van der Waals surface area contributed by atoms with E-state index >= 15 is 0 Å². The number of aromatic nitrogens is 3. The number of hydrogen-bond acceptors (Lipinski definition) is 4. The van der Waals surface area contributed by atoms with Gasteiger partial charge in [-0.3, -0.25) is 0 Å². The van der Waals surface area contributed by atoms with Gasteiger partial charge in [-0.25, -0.2) is 14.5 Å². The minimum absolute atomic E-state index is 0.271. The molecule has 0 amide bonds. The average Bonchev–Trinajstić information content (AvgIpc) is 2.83. The van der Waals surface area contributed by atoms with E-state index in [0.29, 0.717) is 12.3 Å². The fourth-order valence-electron chi connectivity index (χ4n) is 1.35. The van der Waals surface area contributed by atoms with Crippen LogP contribution in [0.15, 0.2) is 36.8 Å². The number of hydrogen-bond donors (Lipinski definition) is 0. The highest BCUT2D eigenvalue weighted by atomic mass is 16.5. The van der Waals surface area contributed by atoms with Crippen molar-refractivity contribution in [2.45, 2.75) is 6.92 Å². The van der Waals surface area contributed by atoms with Crippen molar-refractivity contribution in [2.75, 3.05) is 6.61 Å². The van der Waals surface area contributed by atoms with Crippen molar-refractivity contribution in [1.82, 2.24) is 14.8 Å². The van der Waals surface area contributed by atoms with E-state index in [1.807, 2.05) is 0 Å².